The van der Waals surface area contributed by atoms with Crippen molar-refractivity contribution in [2.24, 2.45) is 0 Å². The van der Waals surface area contributed by atoms with Gasteiger partial charge >= 0.3 is 0 Å². The van der Waals surface area contributed by atoms with Gasteiger partial charge in [-0.1, -0.05) is 59.8 Å². The lowest BCUT2D eigenvalue weighted by Crippen LogP contribution is -2.10. The van der Waals surface area contributed by atoms with Gasteiger partial charge in [0.15, 0.2) is 23.1 Å². The van der Waals surface area contributed by atoms with E-state index in [4.69, 9.17) is 9.47 Å². The Labute approximate surface area is 134 Å². The molecule has 0 bridgehead atoms. The summed E-state index contributed by atoms with van der Waals surface area (Å²) >= 11 is 0. The van der Waals surface area contributed by atoms with Crippen LogP contribution in [-0.2, 0) is 0 Å². The third-order valence-corrected chi connectivity index (χ3v) is 2.42. The van der Waals surface area contributed by atoms with Gasteiger partial charge < -0.3 is 9.47 Å². The Balaban J connectivity index is 0.000000661. The summed E-state index contributed by atoms with van der Waals surface area (Å²) in [5.74, 6) is 1.32. The van der Waals surface area contributed by atoms with Crippen LogP contribution in [0.1, 0.15) is 48.0 Å². The van der Waals surface area contributed by atoms with Gasteiger partial charge in [-0.05, 0) is 30.7 Å². The van der Waals surface area contributed by atoms with E-state index in [-0.39, 0.29) is 5.75 Å². The van der Waals surface area contributed by atoms with Gasteiger partial charge in [0.05, 0.1) is 0 Å². The van der Waals surface area contributed by atoms with E-state index in [1.54, 1.807) is 18.2 Å². The Kier molecular flexibility index (Phi) is 10.5. The Morgan fingerprint density at radius 3 is 1.95 bits per heavy atom. The Bertz CT molecular complexity index is 528. The Morgan fingerprint density at radius 2 is 1.36 bits per heavy atom. The predicted octanol–water partition coefficient (Wildman–Crippen LogP) is 6.40. The molecule has 0 saturated carbocycles. The predicted molar refractivity (Wildman–Crippen MR) is 91.6 cm³/mol. The molecule has 1 aliphatic heterocycles. The molecule has 2 aliphatic rings. The van der Waals surface area contributed by atoms with E-state index in [1.165, 1.54) is 6.07 Å². The SMILES string of the molecule is CC.CC.CC.Fc1cccc2c1OC1=C(C=CCC=C1)O2. The lowest BCUT2D eigenvalue weighted by molar-refractivity contribution is 0.302. The van der Waals surface area contributed by atoms with Crippen molar-refractivity contribution in [3.05, 3.63) is 59.8 Å². The molecular formula is C19H27FO2. The summed E-state index contributed by atoms with van der Waals surface area (Å²) in [4.78, 5) is 0. The maximum atomic E-state index is 13.5. The zero-order chi connectivity index (χ0) is 17.0. The standard InChI is InChI=1S/C13H9FO2.3C2H6/c14-9-5-4-8-12-13(9)16-11-7-3-1-2-6-10(11)15-12;3*1-2/h2-8H,1H2;3*1-2H3. The topological polar surface area (TPSA) is 18.5 Å². The van der Waals surface area contributed by atoms with E-state index in [0.29, 0.717) is 17.3 Å². The molecule has 0 spiro atoms. The van der Waals surface area contributed by atoms with Crippen molar-refractivity contribution in [2.45, 2.75) is 48.0 Å². The molecule has 0 aromatic heterocycles. The van der Waals surface area contributed by atoms with E-state index in [9.17, 15) is 4.39 Å². The van der Waals surface area contributed by atoms with Crippen molar-refractivity contribution in [3.8, 4) is 11.5 Å². The Hall–Kier alpha value is -2.03. The fourth-order valence-corrected chi connectivity index (χ4v) is 1.66. The number of halogens is 1. The second kappa shape index (κ2) is 11.6. The van der Waals surface area contributed by atoms with Crippen LogP contribution in [0, 0.1) is 5.82 Å². The third-order valence-electron chi connectivity index (χ3n) is 2.42. The largest absolute Gasteiger partial charge is 0.449 e. The molecule has 3 rings (SSSR count). The van der Waals surface area contributed by atoms with Gasteiger partial charge in [-0.2, -0.15) is 0 Å². The van der Waals surface area contributed by atoms with E-state index < -0.39 is 5.82 Å². The number of fused-ring (bicyclic) bond motifs is 1. The zero-order valence-corrected chi connectivity index (χ0v) is 14.4. The van der Waals surface area contributed by atoms with Gasteiger partial charge in [0.2, 0.25) is 5.75 Å². The maximum Gasteiger partial charge on any atom is 0.205 e. The van der Waals surface area contributed by atoms with Crippen LogP contribution in [0.3, 0.4) is 0 Å². The van der Waals surface area contributed by atoms with Crippen molar-refractivity contribution >= 4 is 0 Å². The van der Waals surface area contributed by atoms with E-state index in [1.807, 2.05) is 59.8 Å². The van der Waals surface area contributed by atoms with E-state index in [2.05, 4.69) is 0 Å². The van der Waals surface area contributed by atoms with Crippen LogP contribution in [-0.4, -0.2) is 0 Å². The highest BCUT2D eigenvalue weighted by Crippen LogP contribution is 2.38. The molecule has 122 valence electrons. The summed E-state index contributed by atoms with van der Waals surface area (Å²) in [6.07, 6.45) is 8.35. The minimum atomic E-state index is -0.411. The average molecular weight is 306 g/mol. The summed E-state index contributed by atoms with van der Waals surface area (Å²) < 4.78 is 24.5. The smallest absolute Gasteiger partial charge is 0.205 e. The van der Waals surface area contributed by atoms with Gasteiger partial charge in [-0.25, -0.2) is 4.39 Å². The van der Waals surface area contributed by atoms with Gasteiger partial charge in [-0.3, -0.25) is 0 Å². The molecule has 0 unspecified atom stereocenters. The van der Waals surface area contributed by atoms with Crippen molar-refractivity contribution in [1.29, 1.82) is 0 Å². The number of ether oxygens (including phenoxy) is 2. The van der Waals surface area contributed by atoms with Crippen molar-refractivity contribution < 1.29 is 13.9 Å². The average Bonchev–Trinajstić information content (AvgIpc) is 2.84. The van der Waals surface area contributed by atoms with Crippen LogP contribution >= 0.6 is 0 Å². The number of rotatable bonds is 0. The number of allylic oxidation sites excluding steroid dienone is 4. The first-order valence-corrected chi connectivity index (χ1v) is 8.06. The maximum absolute atomic E-state index is 13.5. The molecule has 1 heterocycles. The Morgan fingerprint density at radius 1 is 0.818 bits per heavy atom. The highest BCUT2D eigenvalue weighted by atomic mass is 19.1. The highest BCUT2D eigenvalue weighted by Gasteiger charge is 2.22. The number of hydrogen-bond acceptors (Lipinski definition) is 2. The summed E-state index contributed by atoms with van der Waals surface area (Å²) in [7, 11) is 0. The van der Waals surface area contributed by atoms with E-state index >= 15 is 0 Å². The third kappa shape index (κ3) is 5.06. The highest BCUT2D eigenvalue weighted by molar-refractivity contribution is 5.48. The fourth-order valence-electron chi connectivity index (χ4n) is 1.66. The van der Waals surface area contributed by atoms with Gasteiger partial charge in [0.25, 0.3) is 0 Å². The lowest BCUT2D eigenvalue weighted by Gasteiger charge is -2.20. The number of para-hydroxylation sites is 1. The molecular weight excluding hydrogens is 279 g/mol. The van der Waals surface area contributed by atoms with Crippen LogP contribution < -0.4 is 9.47 Å². The molecule has 22 heavy (non-hydrogen) atoms. The molecule has 0 amide bonds. The molecule has 0 N–H and O–H groups in total. The summed E-state index contributed by atoms with van der Waals surface area (Å²) in [6.45, 7) is 12.0. The number of hydrogen-bond donors (Lipinski definition) is 0. The first kappa shape index (κ1) is 20.0. The minimum Gasteiger partial charge on any atom is -0.449 e. The normalized spacial score (nSPS) is 13.2. The first-order chi connectivity index (χ1) is 10.8. The molecule has 0 atom stereocenters. The number of benzene rings is 1. The monoisotopic (exact) mass is 306 g/mol. The van der Waals surface area contributed by atoms with E-state index in [0.717, 1.165) is 6.42 Å². The first-order valence-electron chi connectivity index (χ1n) is 8.06. The summed E-state index contributed by atoms with van der Waals surface area (Å²) in [6, 6.07) is 4.63. The molecule has 0 fully saturated rings. The molecule has 0 radical (unpaired) electrons. The zero-order valence-electron chi connectivity index (χ0n) is 14.4. The molecule has 2 nitrogen and oxygen atoms in total. The van der Waals surface area contributed by atoms with Crippen LogP contribution in [0.4, 0.5) is 4.39 Å². The lowest BCUT2D eigenvalue weighted by atomic mass is 10.2. The second-order valence-electron chi connectivity index (χ2n) is 3.54. The van der Waals surface area contributed by atoms with Crippen LogP contribution in [0.2, 0.25) is 0 Å². The molecule has 1 aromatic rings. The molecule has 0 saturated heterocycles. The van der Waals surface area contributed by atoms with Gasteiger partial charge in [-0.15, -0.1) is 0 Å². The van der Waals surface area contributed by atoms with Crippen LogP contribution in [0.25, 0.3) is 0 Å². The van der Waals surface area contributed by atoms with Crippen molar-refractivity contribution in [2.75, 3.05) is 0 Å². The van der Waals surface area contributed by atoms with Crippen LogP contribution in [0.15, 0.2) is 54.0 Å². The quantitative estimate of drug-likeness (QED) is 0.552. The van der Waals surface area contributed by atoms with Crippen LogP contribution in [0.5, 0.6) is 11.5 Å². The van der Waals surface area contributed by atoms with Crippen molar-refractivity contribution in [3.63, 3.8) is 0 Å². The van der Waals surface area contributed by atoms with Gasteiger partial charge in [0.1, 0.15) is 0 Å². The summed E-state index contributed by atoms with van der Waals surface area (Å²) in [5, 5.41) is 0. The second-order valence-corrected chi connectivity index (χ2v) is 3.54. The molecule has 3 heteroatoms. The summed E-state index contributed by atoms with van der Waals surface area (Å²) in [5.41, 5.74) is 0. The fraction of sp³-hybridized carbons (Fsp3) is 0.368. The minimum absolute atomic E-state index is 0.154. The molecule has 1 aliphatic carbocycles. The molecule has 1 aromatic carbocycles. The van der Waals surface area contributed by atoms with Gasteiger partial charge in [0, 0.05) is 0 Å². The van der Waals surface area contributed by atoms with Crippen molar-refractivity contribution in [1.82, 2.24) is 0 Å².